The van der Waals surface area contributed by atoms with Crippen LogP contribution in [0.15, 0.2) is 30.3 Å². The second-order valence-corrected chi connectivity index (χ2v) is 5.12. The Morgan fingerprint density at radius 2 is 1.55 bits per heavy atom. The fourth-order valence-electron chi connectivity index (χ4n) is 2.05. The second-order valence-electron chi connectivity index (χ2n) is 5.12. The minimum atomic E-state index is -0.294. The van der Waals surface area contributed by atoms with E-state index in [9.17, 15) is 4.79 Å². The van der Waals surface area contributed by atoms with Crippen LogP contribution in [0, 0.1) is 0 Å². The quantitative estimate of drug-likeness (QED) is 0.414. The highest BCUT2D eigenvalue weighted by Gasteiger charge is 2.00. The molecule has 0 heterocycles. The van der Waals surface area contributed by atoms with Gasteiger partial charge in [0, 0.05) is 19.8 Å². The summed E-state index contributed by atoms with van der Waals surface area (Å²) in [5.74, 6) is -0.294. The topological polar surface area (TPSA) is 44.8 Å². The van der Waals surface area contributed by atoms with E-state index in [-0.39, 0.29) is 12.6 Å². The molecule has 1 rings (SSSR count). The zero-order chi connectivity index (χ0) is 15.9. The van der Waals surface area contributed by atoms with Crippen molar-refractivity contribution in [1.82, 2.24) is 0 Å². The van der Waals surface area contributed by atoms with Crippen molar-refractivity contribution in [1.29, 1.82) is 0 Å². The van der Waals surface area contributed by atoms with E-state index < -0.39 is 0 Å². The summed E-state index contributed by atoms with van der Waals surface area (Å²) in [6.07, 6.45) is 5.23. The summed E-state index contributed by atoms with van der Waals surface area (Å²) in [5.41, 5.74) is 1.39. The van der Waals surface area contributed by atoms with Crippen molar-refractivity contribution in [3.05, 3.63) is 35.9 Å². The van der Waals surface area contributed by atoms with Crippen molar-refractivity contribution in [2.75, 3.05) is 33.0 Å². The number of benzene rings is 1. The van der Waals surface area contributed by atoms with Crippen LogP contribution in [-0.2, 0) is 25.4 Å². The summed E-state index contributed by atoms with van der Waals surface area (Å²) in [6, 6.07) is 10.5. The number of rotatable bonds is 13. The van der Waals surface area contributed by atoms with E-state index in [1.54, 1.807) is 6.92 Å². The predicted molar refractivity (Wildman–Crippen MR) is 86.9 cm³/mol. The fourth-order valence-corrected chi connectivity index (χ4v) is 2.05. The molecule has 1 aromatic carbocycles. The molecule has 0 atom stereocenters. The van der Waals surface area contributed by atoms with E-state index >= 15 is 0 Å². The summed E-state index contributed by atoms with van der Waals surface area (Å²) in [7, 11) is 0. The van der Waals surface area contributed by atoms with E-state index in [4.69, 9.17) is 14.2 Å². The molecule has 0 N–H and O–H groups in total. The number of hydrogen-bond donors (Lipinski definition) is 0. The first-order valence-electron chi connectivity index (χ1n) is 8.18. The molecule has 0 unspecified atom stereocenters. The van der Waals surface area contributed by atoms with Gasteiger partial charge in [-0.25, -0.2) is 4.79 Å². The number of carbonyl (C=O) groups is 1. The fraction of sp³-hybridized carbons (Fsp3) is 0.611. The van der Waals surface area contributed by atoms with E-state index in [0.717, 1.165) is 45.3 Å². The molecule has 0 spiro atoms. The first kappa shape index (κ1) is 18.7. The molecule has 0 saturated heterocycles. The van der Waals surface area contributed by atoms with Crippen molar-refractivity contribution in [2.45, 2.75) is 39.0 Å². The summed E-state index contributed by atoms with van der Waals surface area (Å²) in [6.45, 7) is 4.39. The molecule has 124 valence electrons. The highest BCUT2D eigenvalue weighted by Crippen LogP contribution is 2.04. The number of unbranched alkanes of at least 4 members (excludes halogenated alkanes) is 2. The van der Waals surface area contributed by atoms with Crippen molar-refractivity contribution in [2.24, 2.45) is 0 Å². The molecule has 0 radical (unpaired) electrons. The Morgan fingerprint density at radius 3 is 2.23 bits per heavy atom. The van der Waals surface area contributed by atoms with Gasteiger partial charge >= 0.3 is 5.97 Å². The van der Waals surface area contributed by atoms with Gasteiger partial charge < -0.3 is 14.2 Å². The number of esters is 1. The zero-order valence-electron chi connectivity index (χ0n) is 13.6. The van der Waals surface area contributed by atoms with Gasteiger partial charge in [0.05, 0.1) is 6.61 Å². The maximum absolute atomic E-state index is 11.0. The molecule has 0 bridgehead atoms. The zero-order valence-corrected chi connectivity index (χ0v) is 13.6. The van der Waals surface area contributed by atoms with Crippen LogP contribution in [0.4, 0.5) is 0 Å². The minimum Gasteiger partial charge on any atom is -0.464 e. The predicted octanol–water partition coefficient (Wildman–Crippen LogP) is 3.39. The maximum atomic E-state index is 11.0. The highest BCUT2D eigenvalue weighted by molar-refractivity contribution is 5.70. The Labute approximate surface area is 133 Å². The third-order valence-electron chi connectivity index (χ3n) is 3.20. The lowest BCUT2D eigenvalue weighted by Gasteiger charge is -2.06. The smallest absolute Gasteiger partial charge is 0.332 e. The first-order valence-corrected chi connectivity index (χ1v) is 8.18. The standard InChI is InChI=1S/C18H28O4/c1-2-22-18(19)16-21-15-9-8-14-20-13-7-6-12-17-10-4-3-5-11-17/h3-5,10-11H,2,6-9,12-16H2,1H3. The summed E-state index contributed by atoms with van der Waals surface area (Å²) >= 11 is 0. The monoisotopic (exact) mass is 308 g/mol. The summed E-state index contributed by atoms with van der Waals surface area (Å²) < 4.78 is 15.6. The maximum Gasteiger partial charge on any atom is 0.332 e. The third-order valence-corrected chi connectivity index (χ3v) is 3.20. The van der Waals surface area contributed by atoms with E-state index in [2.05, 4.69) is 24.3 Å². The Hall–Kier alpha value is -1.39. The van der Waals surface area contributed by atoms with Crippen LogP contribution in [0.3, 0.4) is 0 Å². The van der Waals surface area contributed by atoms with E-state index in [1.807, 2.05) is 6.07 Å². The molecule has 4 nitrogen and oxygen atoms in total. The Bertz CT molecular complexity index is 378. The van der Waals surface area contributed by atoms with Crippen LogP contribution in [0.1, 0.15) is 38.2 Å². The Morgan fingerprint density at radius 1 is 0.909 bits per heavy atom. The lowest BCUT2D eigenvalue weighted by Crippen LogP contribution is -2.13. The molecular weight excluding hydrogens is 280 g/mol. The van der Waals surface area contributed by atoms with Crippen LogP contribution >= 0.6 is 0 Å². The van der Waals surface area contributed by atoms with Gasteiger partial charge in [0.25, 0.3) is 0 Å². The van der Waals surface area contributed by atoms with E-state index in [0.29, 0.717) is 13.2 Å². The third kappa shape index (κ3) is 10.4. The van der Waals surface area contributed by atoms with Crippen molar-refractivity contribution in [3.8, 4) is 0 Å². The van der Waals surface area contributed by atoms with Gasteiger partial charge in [0.15, 0.2) is 0 Å². The van der Waals surface area contributed by atoms with Gasteiger partial charge in [0.2, 0.25) is 0 Å². The molecule has 0 aliphatic carbocycles. The Kier molecular flexibility index (Phi) is 11.3. The van der Waals surface area contributed by atoms with Crippen LogP contribution in [0.2, 0.25) is 0 Å². The molecule has 4 heteroatoms. The van der Waals surface area contributed by atoms with Gasteiger partial charge in [-0.1, -0.05) is 30.3 Å². The summed E-state index contributed by atoms with van der Waals surface area (Å²) in [5, 5.41) is 0. The Balaban J connectivity index is 1.79. The number of aryl methyl sites for hydroxylation is 1. The second kappa shape index (κ2) is 13.3. The normalized spacial score (nSPS) is 10.6. The largest absolute Gasteiger partial charge is 0.464 e. The average Bonchev–Trinajstić information content (AvgIpc) is 2.54. The van der Waals surface area contributed by atoms with Crippen LogP contribution in [-0.4, -0.2) is 39.0 Å². The SMILES string of the molecule is CCOC(=O)COCCCCOCCCCc1ccccc1. The van der Waals surface area contributed by atoms with Crippen molar-refractivity contribution >= 4 is 5.97 Å². The lowest BCUT2D eigenvalue weighted by atomic mass is 10.1. The molecule has 0 aromatic heterocycles. The molecule has 1 aromatic rings. The molecule has 0 aliphatic heterocycles. The number of ether oxygens (including phenoxy) is 3. The molecule has 0 saturated carbocycles. The van der Waals surface area contributed by atoms with Crippen molar-refractivity contribution < 1.29 is 19.0 Å². The summed E-state index contributed by atoms with van der Waals surface area (Å²) in [4.78, 5) is 11.0. The molecule has 0 fully saturated rings. The van der Waals surface area contributed by atoms with Gasteiger partial charge in [-0.05, 0) is 44.6 Å². The van der Waals surface area contributed by atoms with Crippen LogP contribution in [0.5, 0.6) is 0 Å². The first-order chi connectivity index (χ1) is 10.8. The van der Waals surface area contributed by atoms with Crippen molar-refractivity contribution in [3.63, 3.8) is 0 Å². The van der Waals surface area contributed by atoms with Gasteiger partial charge in [0.1, 0.15) is 6.61 Å². The lowest BCUT2D eigenvalue weighted by molar-refractivity contribution is -0.148. The number of carbonyl (C=O) groups excluding carboxylic acids is 1. The van der Waals surface area contributed by atoms with Crippen LogP contribution < -0.4 is 0 Å². The molecule has 0 aliphatic rings. The van der Waals surface area contributed by atoms with Gasteiger partial charge in [-0.15, -0.1) is 0 Å². The molecule has 0 amide bonds. The van der Waals surface area contributed by atoms with Gasteiger partial charge in [-0.3, -0.25) is 0 Å². The average molecular weight is 308 g/mol. The van der Waals surface area contributed by atoms with E-state index in [1.165, 1.54) is 5.56 Å². The minimum absolute atomic E-state index is 0.0498. The molecular formula is C18H28O4. The number of hydrogen-bond acceptors (Lipinski definition) is 4. The van der Waals surface area contributed by atoms with Gasteiger partial charge in [-0.2, -0.15) is 0 Å². The van der Waals surface area contributed by atoms with Crippen LogP contribution in [0.25, 0.3) is 0 Å². The highest BCUT2D eigenvalue weighted by atomic mass is 16.6. The molecule has 22 heavy (non-hydrogen) atoms.